The Balaban J connectivity index is 2.32. The van der Waals surface area contributed by atoms with Crippen LogP contribution in [0.25, 0.3) is 0 Å². The van der Waals surface area contributed by atoms with Gasteiger partial charge in [0.05, 0.1) is 12.1 Å². The molecule has 0 fully saturated rings. The lowest BCUT2D eigenvalue weighted by Crippen LogP contribution is -2.48. The van der Waals surface area contributed by atoms with Crippen molar-refractivity contribution in [3.05, 3.63) is 70.8 Å². The predicted molar refractivity (Wildman–Crippen MR) is 124 cm³/mol. The number of aryl methyl sites for hydroxylation is 2. The fourth-order valence-corrected chi connectivity index (χ4v) is 3.50. The first-order chi connectivity index (χ1) is 15.4. The van der Waals surface area contributed by atoms with Crippen molar-refractivity contribution in [2.75, 3.05) is 13.1 Å². The first kappa shape index (κ1) is 24.6. The molecule has 2 atom stereocenters. The fraction of sp³-hybridized carbons (Fsp3) is 0.385. The molecular weight excluding hydrogens is 400 g/mol. The Morgan fingerprint density at radius 1 is 0.719 bits per heavy atom. The molecule has 0 heterocycles. The van der Waals surface area contributed by atoms with Gasteiger partial charge < -0.3 is 9.80 Å². The van der Waals surface area contributed by atoms with Gasteiger partial charge in [0, 0.05) is 24.2 Å². The van der Waals surface area contributed by atoms with Gasteiger partial charge >= 0.3 is 0 Å². The first-order valence-electron chi connectivity index (χ1n) is 10.9. The molecule has 6 heteroatoms. The van der Waals surface area contributed by atoms with Gasteiger partial charge in [0.15, 0.2) is 0 Å². The van der Waals surface area contributed by atoms with Gasteiger partial charge in [-0.3, -0.25) is 9.59 Å². The Morgan fingerprint density at radius 2 is 1.03 bits per heavy atom. The van der Waals surface area contributed by atoms with Gasteiger partial charge in [-0.2, -0.15) is 10.5 Å². The van der Waals surface area contributed by atoms with Crippen LogP contribution in [0.15, 0.2) is 48.5 Å². The van der Waals surface area contributed by atoms with Gasteiger partial charge in [0.1, 0.15) is 12.1 Å². The average molecular weight is 431 g/mol. The van der Waals surface area contributed by atoms with Crippen molar-refractivity contribution in [1.29, 1.82) is 10.5 Å². The molecule has 32 heavy (non-hydrogen) atoms. The minimum atomic E-state index is -0.623. The van der Waals surface area contributed by atoms with E-state index in [1.54, 1.807) is 24.3 Å². The van der Waals surface area contributed by atoms with Crippen molar-refractivity contribution in [3.8, 4) is 12.1 Å². The van der Waals surface area contributed by atoms with Crippen molar-refractivity contribution in [2.24, 2.45) is 0 Å². The lowest BCUT2D eigenvalue weighted by Gasteiger charge is -2.32. The maximum Gasteiger partial charge on any atom is 0.254 e. The topological polar surface area (TPSA) is 88.2 Å². The number of carbonyl (C=O) groups is 2. The summed E-state index contributed by atoms with van der Waals surface area (Å²) in [6.07, 6.45) is 0.935. The second-order valence-corrected chi connectivity index (χ2v) is 7.84. The van der Waals surface area contributed by atoms with Crippen molar-refractivity contribution in [2.45, 2.75) is 52.6 Å². The van der Waals surface area contributed by atoms with Crippen LogP contribution in [0.4, 0.5) is 0 Å². The molecule has 0 aliphatic rings. The van der Waals surface area contributed by atoms with Crippen LogP contribution in [0.5, 0.6) is 0 Å². The highest BCUT2D eigenvalue weighted by atomic mass is 16.2. The molecule has 0 saturated carbocycles. The number of benzene rings is 2. The lowest BCUT2D eigenvalue weighted by atomic mass is 10.1. The molecule has 0 unspecified atom stereocenters. The van der Waals surface area contributed by atoms with Crippen LogP contribution in [0, 0.1) is 36.5 Å². The molecule has 0 N–H and O–H groups in total. The highest BCUT2D eigenvalue weighted by Crippen LogP contribution is 2.16. The van der Waals surface area contributed by atoms with E-state index in [1.807, 2.05) is 52.0 Å². The lowest BCUT2D eigenvalue weighted by molar-refractivity contribution is 0.0602. The van der Waals surface area contributed by atoms with Crippen molar-refractivity contribution < 1.29 is 9.59 Å². The van der Waals surface area contributed by atoms with E-state index in [-0.39, 0.29) is 24.9 Å². The molecular formula is C26H30N4O2. The van der Waals surface area contributed by atoms with Crippen LogP contribution >= 0.6 is 0 Å². The van der Waals surface area contributed by atoms with Crippen molar-refractivity contribution >= 4 is 11.8 Å². The molecule has 0 spiro atoms. The van der Waals surface area contributed by atoms with E-state index in [9.17, 15) is 20.1 Å². The number of amides is 2. The molecule has 0 aliphatic carbocycles. The average Bonchev–Trinajstić information content (AvgIpc) is 2.81. The SMILES string of the molecule is CC[C@H](C#N)N(CCN(C(=O)c1ccc(C)cc1)[C@@H](C#N)CC)C(=O)c1ccc(C)cc1. The number of carbonyl (C=O) groups excluding carboxylic acids is 2. The molecule has 0 radical (unpaired) electrons. The third-order valence-electron chi connectivity index (χ3n) is 5.52. The highest BCUT2D eigenvalue weighted by Gasteiger charge is 2.28. The molecule has 2 rings (SSSR count). The molecule has 0 saturated heterocycles. The summed E-state index contributed by atoms with van der Waals surface area (Å²) >= 11 is 0. The number of rotatable bonds is 9. The van der Waals surface area contributed by atoms with Crippen molar-refractivity contribution in [1.82, 2.24) is 9.80 Å². The van der Waals surface area contributed by atoms with Crippen molar-refractivity contribution in [3.63, 3.8) is 0 Å². The van der Waals surface area contributed by atoms with E-state index < -0.39 is 12.1 Å². The molecule has 2 aromatic carbocycles. The Labute approximate surface area is 190 Å². The summed E-state index contributed by atoms with van der Waals surface area (Å²) < 4.78 is 0. The summed E-state index contributed by atoms with van der Waals surface area (Å²) in [7, 11) is 0. The number of hydrogen-bond donors (Lipinski definition) is 0. The maximum absolute atomic E-state index is 13.2. The molecule has 0 aliphatic heterocycles. The zero-order chi connectivity index (χ0) is 23.7. The van der Waals surface area contributed by atoms with Crippen LogP contribution in [-0.4, -0.2) is 46.8 Å². The second kappa shape index (κ2) is 11.7. The summed E-state index contributed by atoms with van der Waals surface area (Å²) in [4.78, 5) is 29.4. The molecule has 0 bridgehead atoms. The van der Waals surface area contributed by atoms with Gasteiger partial charge in [-0.05, 0) is 51.0 Å². The summed E-state index contributed by atoms with van der Waals surface area (Å²) in [5.41, 5.74) is 3.06. The van der Waals surface area contributed by atoms with E-state index in [4.69, 9.17) is 0 Å². The van der Waals surface area contributed by atoms with Crippen LogP contribution in [0.2, 0.25) is 0 Å². The number of hydrogen-bond acceptors (Lipinski definition) is 4. The zero-order valence-corrected chi connectivity index (χ0v) is 19.2. The molecule has 2 amide bonds. The predicted octanol–water partition coefficient (Wildman–Crippen LogP) is 4.49. The summed E-state index contributed by atoms with van der Waals surface area (Å²) in [6, 6.07) is 17.6. The van der Waals surface area contributed by atoms with Gasteiger partial charge in [0.2, 0.25) is 0 Å². The van der Waals surface area contributed by atoms with Gasteiger partial charge in [-0.1, -0.05) is 49.2 Å². The Morgan fingerprint density at radius 3 is 1.28 bits per heavy atom. The normalized spacial score (nSPS) is 12.2. The van der Waals surface area contributed by atoms with Gasteiger partial charge in [-0.15, -0.1) is 0 Å². The van der Waals surface area contributed by atoms with Crippen LogP contribution < -0.4 is 0 Å². The van der Waals surface area contributed by atoms with Crippen LogP contribution in [-0.2, 0) is 0 Å². The van der Waals surface area contributed by atoms with E-state index in [1.165, 1.54) is 9.80 Å². The summed E-state index contributed by atoms with van der Waals surface area (Å²) in [5, 5.41) is 19.3. The Bertz CT molecular complexity index is 917. The largest absolute Gasteiger partial charge is 0.321 e. The van der Waals surface area contributed by atoms with Crippen LogP contribution in [0.1, 0.15) is 58.5 Å². The van der Waals surface area contributed by atoms with E-state index >= 15 is 0 Å². The molecule has 6 nitrogen and oxygen atoms in total. The Hall–Kier alpha value is -3.64. The maximum atomic E-state index is 13.2. The molecule has 0 aromatic heterocycles. The summed E-state index contributed by atoms with van der Waals surface area (Å²) in [6.45, 7) is 7.91. The first-order valence-corrected chi connectivity index (χ1v) is 10.9. The van der Waals surface area contributed by atoms with Gasteiger partial charge in [0.25, 0.3) is 11.8 Å². The third-order valence-corrected chi connectivity index (χ3v) is 5.52. The van der Waals surface area contributed by atoms with Gasteiger partial charge in [-0.25, -0.2) is 0 Å². The second-order valence-electron chi connectivity index (χ2n) is 7.84. The Kier molecular flexibility index (Phi) is 8.98. The number of nitriles is 2. The molecule has 2 aromatic rings. The third kappa shape index (κ3) is 5.95. The number of nitrogens with zero attached hydrogens (tertiary/aromatic N) is 4. The van der Waals surface area contributed by atoms with Crippen LogP contribution in [0.3, 0.4) is 0 Å². The monoisotopic (exact) mass is 430 g/mol. The standard InChI is InChI=1S/C26H30N4O2/c1-5-23(17-27)29(25(31)21-11-7-19(3)8-12-21)15-16-30(24(6-2)18-28)26(32)22-13-9-20(4)10-14-22/h7-14,23-24H,5-6,15-16H2,1-4H3/t23-,24-/m1/s1. The highest BCUT2D eigenvalue weighted by molar-refractivity contribution is 5.95. The smallest absolute Gasteiger partial charge is 0.254 e. The quantitative estimate of drug-likeness (QED) is 0.586. The fourth-order valence-electron chi connectivity index (χ4n) is 3.50. The molecule has 166 valence electrons. The zero-order valence-electron chi connectivity index (χ0n) is 19.2. The van der Waals surface area contributed by atoms with E-state index in [0.29, 0.717) is 24.0 Å². The summed E-state index contributed by atoms with van der Waals surface area (Å²) in [5.74, 6) is -0.516. The minimum Gasteiger partial charge on any atom is -0.321 e. The minimum absolute atomic E-state index is 0.161. The van der Waals surface area contributed by atoms with E-state index in [0.717, 1.165) is 11.1 Å². The van der Waals surface area contributed by atoms with E-state index in [2.05, 4.69) is 12.1 Å².